The predicted octanol–water partition coefficient (Wildman–Crippen LogP) is 1.60. The molecule has 7 heteroatoms. The third-order valence-corrected chi connectivity index (χ3v) is 3.13. The van der Waals surface area contributed by atoms with Crippen LogP contribution in [-0.2, 0) is 10.0 Å². The quantitative estimate of drug-likeness (QED) is 0.659. The summed E-state index contributed by atoms with van der Waals surface area (Å²) in [6.45, 7) is 0. The summed E-state index contributed by atoms with van der Waals surface area (Å²) in [5.41, 5.74) is 0.398. The fourth-order valence-corrected chi connectivity index (χ4v) is 2.13. The summed E-state index contributed by atoms with van der Waals surface area (Å²) < 4.78 is 31.1. The van der Waals surface area contributed by atoms with Crippen LogP contribution in [0, 0.1) is 3.70 Å². The van der Waals surface area contributed by atoms with Crippen LogP contribution in [0.2, 0.25) is 0 Å². The molecule has 0 bridgehead atoms. The minimum absolute atomic E-state index is 0.221. The normalized spacial score (nSPS) is 15.9. The molecule has 0 unspecified atom stereocenters. The lowest BCUT2D eigenvalue weighted by molar-refractivity contribution is 0.304. The molecule has 1 aromatic heterocycles. The Bertz CT molecular complexity index is 499. The minimum Gasteiger partial charge on any atom is -0.488 e. The first-order valence-corrected chi connectivity index (χ1v) is 7.71. The Labute approximate surface area is 108 Å². The van der Waals surface area contributed by atoms with Crippen molar-refractivity contribution in [2.24, 2.45) is 0 Å². The summed E-state index contributed by atoms with van der Waals surface area (Å²) in [5.74, 6) is 0.548. The SMILES string of the molecule is CS(=O)(=O)Nc1cnc(I)cc1OC1CC1. The van der Waals surface area contributed by atoms with E-state index < -0.39 is 10.0 Å². The first kappa shape index (κ1) is 11.9. The third-order valence-electron chi connectivity index (χ3n) is 1.95. The number of hydrogen-bond acceptors (Lipinski definition) is 4. The molecule has 1 heterocycles. The molecule has 88 valence electrons. The average Bonchev–Trinajstić information content (AvgIpc) is 2.91. The van der Waals surface area contributed by atoms with Crippen LogP contribution in [0.3, 0.4) is 0 Å². The topological polar surface area (TPSA) is 68.3 Å². The molecule has 0 radical (unpaired) electrons. The molecule has 1 aromatic rings. The number of nitrogens with zero attached hydrogens (tertiary/aromatic N) is 1. The van der Waals surface area contributed by atoms with Gasteiger partial charge in [0.25, 0.3) is 0 Å². The van der Waals surface area contributed by atoms with Crippen molar-refractivity contribution in [3.8, 4) is 5.75 Å². The van der Waals surface area contributed by atoms with Crippen molar-refractivity contribution < 1.29 is 13.2 Å². The molecule has 0 saturated heterocycles. The summed E-state index contributed by atoms with van der Waals surface area (Å²) in [4.78, 5) is 4.03. The van der Waals surface area contributed by atoms with Gasteiger partial charge in [-0.3, -0.25) is 4.72 Å². The van der Waals surface area contributed by atoms with E-state index in [4.69, 9.17) is 4.74 Å². The van der Waals surface area contributed by atoms with Gasteiger partial charge in [-0.05, 0) is 35.4 Å². The van der Waals surface area contributed by atoms with Crippen molar-refractivity contribution >= 4 is 38.3 Å². The van der Waals surface area contributed by atoms with Gasteiger partial charge in [-0.2, -0.15) is 0 Å². The van der Waals surface area contributed by atoms with Crippen LogP contribution < -0.4 is 9.46 Å². The van der Waals surface area contributed by atoms with E-state index in [0.29, 0.717) is 11.4 Å². The number of halogens is 1. The Kier molecular flexibility index (Phi) is 3.24. The largest absolute Gasteiger partial charge is 0.488 e. The molecule has 0 atom stereocenters. The zero-order valence-electron chi connectivity index (χ0n) is 8.60. The van der Waals surface area contributed by atoms with E-state index in [2.05, 4.69) is 32.3 Å². The highest BCUT2D eigenvalue weighted by Gasteiger charge is 2.25. The summed E-state index contributed by atoms with van der Waals surface area (Å²) in [6, 6.07) is 1.73. The van der Waals surface area contributed by atoms with E-state index in [1.807, 2.05) is 0 Å². The smallest absolute Gasteiger partial charge is 0.229 e. The molecule has 0 aromatic carbocycles. The lowest BCUT2D eigenvalue weighted by atomic mass is 10.4. The molecular weight excluding hydrogens is 343 g/mol. The highest BCUT2D eigenvalue weighted by Crippen LogP contribution is 2.32. The second-order valence-corrected chi connectivity index (χ2v) is 6.55. The Morgan fingerprint density at radius 1 is 1.56 bits per heavy atom. The van der Waals surface area contributed by atoms with Gasteiger partial charge in [-0.25, -0.2) is 13.4 Å². The van der Waals surface area contributed by atoms with E-state index in [-0.39, 0.29) is 6.10 Å². The zero-order valence-corrected chi connectivity index (χ0v) is 11.6. The maximum atomic E-state index is 11.1. The van der Waals surface area contributed by atoms with Crippen molar-refractivity contribution in [3.05, 3.63) is 16.0 Å². The second kappa shape index (κ2) is 4.36. The van der Waals surface area contributed by atoms with E-state index in [1.165, 1.54) is 6.20 Å². The number of aromatic nitrogens is 1. The highest BCUT2D eigenvalue weighted by molar-refractivity contribution is 14.1. The summed E-state index contributed by atoms with van der Waals surface area (Å²) in [5, 5.41) is 0. The number of anilines is 1. The van der Waals surface area contributed by atoms with E-state index in [0.717, 1.165) is 22.8 Å². The number of nitrogens with one attached hydrogen (secondary N) is 1. The molecule has 0 aliphatic heterocycles. The van der Waals surface area contributed by atoms with Crippen LogP contribution in [0.25, 0.3) is 0 Å². The summed E-state index contributed by atoms with van der Waals surface area (Å²) in [7, 11) is -3.30. The molecule has 1 N–H and O–H groups in total. The Morgan fingerprint density at radius 2 is 2.25 bits per heavy atom. The predicted molar refractivity (Wildman–Crippen MR) is 69.1 cm³/mol. The standard InChI is InChI=1S/C9H11IN2O3S/c1-16(13,14)12-7-5-11-9(10)4-8(7)15-6-2-3-6/h4-6,12H,2-3H2,1H3. The number of hydrogen-bond donors (Lipinski definition) is 1. The number of rotatable bonds is 4. The van der Waals surface area contributed by atoms with Crippen LogP contribution in [0.1, 0.15) is 12.8 Å². The molecule has 16 heavy (non-hydrogen) atoms. The maximum Gasteiger partial charge on any atom is 0.229 e. The first-order chi connectivity index (χ1) is 7.44. The second-order valence-electron chi connectivity index (χ2n) is 3.69. The van der Waals surface area contributed by atoms with Gasteiger partial charge >= 0.3 is 0 Å². The van der Waals surface area contributed by atoms with Gasteiger partial charge in [-0.15, -0.1) is 0 Å². The molecular formula is C9H11IN2O3S. The molecule has 0 spiro atoms. The van der Waals surface area contributed by atoms with Gasteiger partial charge in [0.15, 0.2) is 0 Å². The summed E-state index contributed by atoms with van der Waals surface area (Å²) >= 11 is 2.06. The minimum atomic E-state index is -3.30. The van der Waals surface area contributed by atoms with Gasteiger partial charge in [0.05, 0.1) is 18.6 Å². The van der Waals surface area contributed by atoms with Crippen molar-refractivity contribution in [2.75, 3.05) is 11.0 Å². The third kappa shape index (κ3) is 3.48. The van der Waals surface area contributed by atoms with Gasteiger partial charge in [0.1, 0.15) is 15.1 Å². The lowest BCUT2D eigenvalue weighted by Gasteiger charge is -2.11. The van der Waals surface area contributed by atoms with Gasteiger partial charge < -0.3 is 4.74 Å². The van der Waals surface area contributed by atoms with Crippen molar-refractivity contribution in [3.63, 3.8) is 0 Å². The molecule has 1 saturated carbocycles. The van der Waals surface area contributed by atoms with E-state index in [9.17, 15) is 8.42 Å². The maximum absolute atomic E-state index is 11.1. The molecule has 1 aliphatic carbocycles. The van der Waals surface area contributed by atoms with E-state index in [1.54, 1.807) is 6.07 Å². The monoisotopic (exact) mass is 354 g/mol. The average molecular weight is 354 g/mol. The van der Waals surface area contributed by atoms with Crippen LogP contribution in [-0.4, -0.2) is 25.8 Å². The molecule has 1 aliphatic rings. The van der Waals surface area contributed by atoms with Crippen LogP contribution in [0.5, 0.6) is 5.75 Å². The van der Waals surface area contributed by atoms with Gasteiger partial charge in [-0.1, -0.05) is 0 Å². The number of sulfonamides is 1. The van der Waals surface area contributed by atoms with Gasteiger partial charge in [0, 0.05) is 6.07 Å². The number of ether oxygens (including phenoxy) is 1. The Balaban J connectivity index is 2.27. The van der Waals surface area contributed by atoms with Gasteiger partial charge in [0.2, 0.25) is 10.0 Å². The van der Waals surface area contributed by atoms with Crippen molar-refractivity contribution in [1.82, 2.24) is 4.98 Å². The molecule has 1 fully saturated rings. The molecule has 2 rings (SSSR count). The van der Waals surface area contributed by atoms with Crippen LogP contribution in [0.4, 0.5) is 5.69 Å². The fourth-order valence-electron chi connectivity index (χ4n) is 1.15. The Hall–Kier alpha value is -0.570. The van der Waals surface area contributed by atoms with E-state index >= 15 is 0 Å². The van der Waals surface area contributed by atoms with Crippen molar-refractivity contribution in [1.29, 1.82) is 0 Å². The molecule has 5 nitrogen and oxygen atoms in total. The van der Waals surface area contributed by atoms with Crippen LogP contribution in [0.15, 0.2) is 12.3 Å². The first-order valence-electron chi connectivity index (χ1n) is 4.74. The lowest BCUT2D eigenvalue weighted by Crippen LogP contribution is -2.12. The highest BCUT2D eigenvalue weighted by atomic mass is 127. The zero-order chi connectivity index (χ0) is 11.8. The fraction of sp³-hybridized carbons (Fsp3) is 0.444. The number of pyridine rings is 1. The molecule has 0 amide bonds. The van der Waals surface area contributed by atoms with Crippen molar-refractivity contribution in [2.45, 2.75) is 18.9 Å². The Morgan fingerprint density at radius 3 is 2.81 bits per heavy atom. The summed E-state index contributed by atoms with van der Waals surface area (Å²) in [6.07, 6.45) is 4.85. The van der Waals surface area contributed by atoms with Crippen LogP contribution >= 0.6 is 22.6 Å².